The van der Waals surface area contributed by atoms with E-state index in [1.54, 1.807) is 0 Å². The summed E-state index contributed by atoms with van der Waals surface area (Å²) >= 11 is 0. The Kier molecular flexibility index (Phi) is 4.02. The predicted octanol–water partition coefficient (Wildman–Crippen LogP) is 3.09. The smallest absolute Gasteiger partial charge is 0.230 e. The molecule has 2 rings (SSSR count). The zero-order valence-electron chi connectivity index (χ0n) is 10.9. The van der Waals surface area contributed by atoms with Crippen LogP contribution in [0.25, 0.3) is 0 Å². The Morgan fingerprint density at radius 3 is 2.61 bits per heavy atom. The highest BCUT2D eigenvalue weighted by Crippen LogP contribution is 2.36. The van der Waals surface area contributed by atoms with Gasteiger partial charge in [-0.05, 0) is 18.9 Å². The first-order chi connectivity index (χ1) is 8.65. The number of anilines is 1. The Labute approximate surface area is 108 Å². The molecule has 0 aliphatic heterocycles. The summed E-state index contributed by atoms with van der Waals surface area (Å²) in [6.07, 6.45) is 5.41. The minimum absolute atomic E-state index is 0.0484. The van der Waals surface area contributed by atoms with E-state index in [1.165, 1.54) is 6.42 Å². The Balaban J connectivity index is 2.10. The van der Waals surface area contributed by atoms with E-state index in [9.17, 15) is 9.90 Å². The van der Waals surface area contributed by atoms with E-state index in [-0.39, 0.29) is 17.9 Å². The van der Waals surface area contributed by atoms with E-state index in [0.717, 1.165) is 36.9 Å². The second kappa shape index (κ2) is 5.53. The van der Waals surface area contributed by atoms with Crippen LogP contribution in [0.3, 0.4) is 0 Å². The molecule has 0 atom stereocenters. The van der Waals surface area contributed by atoms with Gasteiger partial charge in [0, 0.05) is 16.7 Å². The number of rotatable bonds is 3. The van der Waals surface area contributed by atoms with Crippen molar-refractivity contribution in [2.45, 2.75) is 45.6 Å². The van der Waals surface area contributed by atoms with E-state index >= 15 is 0 Å². The third-order valence-corrected chi connectivity index (χ3v) is 3.94. The number of benzene rings is 1. The molecule has 2 N–H and O–H groups in total. The number of carbonyl (C=O) groups is 1. The van der Waals surface area contributed by atoms with Crippen LogP contribution in [0.4, 0.5) is 5.69 Å². The van der Waals surface area contributed by atoms with Crippen LogP contribution in [0.2, 0.25) is 0 Å². The molecule has 1 saturated carbocycles. The molecule has 0 radical (unpaired) electrons. The van der Waals surface area contributed by atoms with Crippen molar-refractivity contribution < 1.29 is 9.90 Å². The van der Waals surface area contributed by atoms with Crippen molar-refractivity contribution >= 4 is 11.6 Å². The fourth-order valence-electron chi connectivity index (χ4n) is 2.61. The Bertz CT molecular complexity index is 422. The van der Waals surface area contributed by atoms with Gasteiger partial charge in [0.1, 0.15) is 0 Å². The van der Waals surface area contributed by atoms with Crippen molar-refractivity contribution in [3.05, 3.63) is 29.8 Å². The molecule has 0 saturated heterocycles. The summed E-state index contributed by atoms with van der Waals surface area (Å²) in [5.41, 5.74) is 1.25. The lowest BCUT2D eigenvalue weighted by Gasteiger charge is -2.32. The van der Waals surface area contributed by atoms with Crippen LogP contribution in [-0.2, 0) is 11.4 Å². The number of carbonyl (C=O) groups excluding carboxylic acids is 1. The molecule has 98 valence electrons. The quantitative estimate of drug-likeness (QED) is 0.862. The molecular weight excluding hydrogens is 226 g/mol. The lowest BCUT2D eigenvalue weighted by atomic mass is 9.75. The molecule has 1 aromatic carbocycles. The van der Waals surface area contributed by atoms with E-state index in [1.807, 2.05) is 31.2 Å². The molecule has 3 heteroatoms. The summed E-state index contributed by atoms with van der Waals surface area (Å²) in [4.78, 5) is 12.4. The molecule has 1 amide bonds. The highest BCUT2D eigenvalue weighted by molar-refractivity contribution is 5.95. The monoisotopic (exact) mass is 247 g/mol. The zero-order chi connectivity index (χ0) is 13.0. The van der Waals surface area contributed by atoms with Crippen LogP contribution in [0.1, 0.15) is 44.6 Å². The fourth-order valence-corrected chi connectivity index (χ4v) is 2.61. The molecule has 1 aliphatic carbocycles. The zero-order valence-corrected chi connectivity index (χ0v) is 10.9. The number of para-hydroxylation sites is 1. The first-order valence-corrected chi connectivity index (χ1v) is 6.66. The first kappa shape index (κ1) is 13.1. The number of aliphatic hydroxyl groups is 1. The fraction of sp³-hybridized carbons (Fsp3) is 0.533. The van der Waals surface area contributed by atoms with Gasteiger partial charge in [-0.15, -0.1) is 0 Å². The lowest BCUT2D eigenvalue weighted by molar-refractivity contribution is -0.126. The second-order valence-corrected chi connectivity index (χ2v) is 5.39. The molecule has 1 aliphatic rings. The van der Waals surface area contributed by atoms with Gasteiger partial charge in [-0.25, -0.2) is 0 Å². The first-order valence-electron chi connectivity index (χ1n) is 6.66. The molecule has 3 nitrogen and oxygen atoms in total. The van der Waals surface area contributed by atoms with E-state index in [4.69, 9.17) is 0 Å². The van der Waals surface area contributed by atoms with Gasteiger partial charge in [0.15, 0.2) is 0 Å². The van der Waals surface area contributed by atoms with Crippen molar-refractivity contribution in [1.82, 2.24) is 0 Å². The number of aliphatic hydroxyl groups excluding tert-OH is 1. The number of hydrogen-bond donors (Lipinski definition) is 2. The van der Waals surface area contributed by atoms with Crippen LogP contribution in [-0.4, -0.2) is 11.0 Å². The lowest BCUT2D eigenvalue weighted by Crippen LogP contribution is -2.35. The average molecular weight is 247 g/mol. The number of nitrogens with one attached hydrogen (secondary N) is 1. The Hall–Kier alpha value is -1.35. The van der Waals surface area contributed by atoms with Crippen LogP contribution in [0.15, 0.2) is 24.3 Å². The van der Waals surface area contributed by atoms with Crippen LogP contribution in [0, 0.1) is 5.41 Å². The summed E-state index contributed by atoms with van der Waals surface area (Å²) in [5.74, 6) is 0.0862. The van der Waals surface area contributed by atoms with Crippen molar-refractivity contribution in [2.75, 3.05) is 5.32 Å². The summed E-state index contributed by atoms with van der Waals surface area (Å²) in [5, 5.41) is 12.2. The molecule has 0 aromatic heterocycles. The SMILES string of the molecule is CC1(C(=O)Nc2ccccc2CO)CCCCC1. The van der Waals surface area contributed by atoms with Crippen LogP contribution >= 0.6 is 0 Å². The van der Waals surface area contributed by atoms with Gasteiger partial charge in [0.25, 0.3) is 0 Å². The van der Waals surface area contributed by atoms with Crippen molar-refractivity contribution in [2.24, 2.45) is 5.41 Å². The maximum atomic E-state index is 12.4. The van der Waals surface area contributed by atoms with E-state index < -0.39 is 0 Å². The highest BCUT2D eigenvalue weighted by atomic mass is 16.3. The maximum Gasteiger partial charge on any atom is 0.230 e. The normalized spacial score (nSPS) is 18.3. The van der Waals surface area contributed by atoms with Gasteiger partial charge in [-0.3, -0.25) is 4.79 Å². The number of amides is 1. The molecular formula is C15H21NO2. The second-order valence-electron chi connectivity index (χ2n) is 5.39. The third-order valence-electron chi connectivity index (χ3n) is 3.94. The molecule has 1 fully saturated rings. The predicted molar refractivity (Wildman–Crippen MR) is 72.2 cm³/mol. The minimum atomic E-state index is -0.249. The largest absolute Gasteiger partial charge is 0.392 e. The standard InChI is InChI=1S/C15H21NO2/c1-15(9-5-2-6-10-15)14(18)16-13-8-4-3-7-12(13)11-17/h3-4,7-8,17H,2,5-6,9-11H2,1H3,(H,16,18). The van der Waals surface area contributed by atoms with Gasteiger partial charge in [-0.2, -0.15) is 0 Å². The number of hydrogen-bond acceptors (Lipinski definition) is 2. The van der Waals surface area contributed by atoms with Gasteiger partial charge in [0.05, 0.1) is 6.61 Å². The molecule has 0 heterocycles. The van der Waals surface area contributed by atoms with Gasteiger partial charge in [-0.1, -0.05) is 44.4 Å². The van der Waals surface area contributed by atoms with Gasteiger partial charge < -0.3 is 10.4 Å². The topological polar surface area (TPSA) is 49.3 Å². The maximum absolute atomic E-state index is 12.4. The Morgan fingerprint density at radius 1 is 1.28 bits per heavy atom. The molecule has 1 aromatic rings. The third kappa shape index (κ3) is 2.72. The van der Waals surface area contributed by atoms with Gasteiger partial charge in [0.2, 0.25) is 5.91 Å². The van der Waals surface area contributed by atoms with Crippen molar-refractivity contribution in [3.8, 4) is 0 Å². The average Bonchev–Trinajstić information content (AvgIpc) is 2.40. The highest BCUT2D eigenvalue weighted by Gasteiger charge is 2.34. The molecule has 18 heavy (non-hydrogen) atoms. The summed E-state index contributed by atoms with van der Waals surface area (Å²) in [6, 6.07) is 7.41. The van der Waals surface area contributed by atoms with Crippen molar-refractivity contribution in [3.63, 3.8) is 0 Å². The van der Waals surface area contributed by atoms with Crippen molar-refractivity contribution in [1.29, 1.82) is 0 Å². The van der Waals surface area contributed by atoms with Crippen LogP contribution < -0.4 is 5.32 Å². The van der Waals surface area contributed by atoms with E-state index in [2.05, 4.69) is 5.32 Å². The summed E-state index contributed by atoms with van der Waals surface area (Å²) in [6.45, 7) is 2.00. The van der Waals surface area contributed by atoms with E-state index in [0.29, 0.717) is 0 Å². The summed E-state index contributed by atoms with van der Waals surface area (Å²) in [7, 11) is 0. The van der Waals surface area contributed by atoms with Gasteiger partial charge >= 0.3 is 0 Å². The minimum Gasteiger partial charge on any atom is -0.392 e. The molecule has 0 bridgehead atoms. The Morgan fingerprint density at radius 2 is 1.94 bits per heavy atom. The molecule has 0 unspecified atom stereocenters. The van der Waals surface area contributed by atoms with Crippen LogP contribution in [0.5, 0.6) is 0 Å². The summed E-state index contributed by atoms with van der Waals surface area (Å²) < 4.78 is 0. The molecule has 0 spiro atoms.